The van der Waals surface area contributed by atoms with Crippen molar-refractivity contribution in [3.8, 4) is 11.4 Å². The number of nitrogens with one attached hydrogen (secondary N) is 1. The second-order valence-electron chi connectivity index (χ2n) is 8.32. The number of carbonyl (C=O) groups excluding carboxylic acids is 2. The molecule has 0 radical (unpaired) electrons. The number of carbonyl (C=O) groups is 3. The van der Waals surface area contributed by atoms with Gasteiger partial charge >= 0.3 is 33.0 Å². The minimum atomic E-state index is -0.875. The van der Waals surface area contributed by atoms with Crippen molar-refractivity contribution in [3.05, 3.63) is 88.6 Å². The molecular formula is C26H20ClN3O4Ru. The van der Waals surface area contributed by atoms with Crippen LogP contribution in [0.5, 0.6) is 0 Å². The molecule has 1 saturated heterocycles. The summed E-state index contributed by atoms with van der Waals surface area (Å²) in [6.07, 6.45) is 1.77. The third-order valence-electron chi connectivity index (χ3n) is 6.05. The molecule has 7 nitrogen and oxygen atoms in total. The molecule has 2 aliphatic rings. The van der Waals surface area contributed by atoms with E-state index in [4.69, 9.17) is 10.1 Å². The Hall–Kier alpha value is -3.35. The van der Waals surface area contributed by atoms with Crippen LogP contribution in [0.3, 0.4) is 0 Å². The van der Waals surface area contributed by atoms with Gasteiger partial charge in [-0.15, -0.1) is 11.2 Å². The fraction of sp³-hybridized carbons (Fsp3) is 0.154. The number of aryl methyl sites for hydroxylation is 2. The van der Waals surface area contributed by atoms with E-state index in [1.807, 2.05) is 61.5 Å². The van der Waals surface area contributed by atoms with Crippen molar-refractivity contribution in [1.82, 2.24) is 15.3 Å². The fourth-order valence-electron chi connectivity index (χ4n) is 4.52. The van der Waals surface area contributed by atoms with Gasteiger partial charge in [0.25, 0.3) is 0 Å². The van der Waals surface area contributed by atoms with Crippen LogP contribution < -0.4 is 10.3 Å². The molecule has 2 atom stereocenters. The van der Waals surface area contributed by atoms with Gasteiger partial charge in [-0.1, -0.05) is 48.0 Å². The summed E-state index contributed by atoms with van der Waals surface area (Å²) >= 11 is 1.82. The molecule has 1 aliphatic carbocycles. The monoisotopic (exact) mass is 575 g/mol. The second-order valence-corrected chi connectivity index (χ2v) is 8.32. The zero-order valence-electron chi connectivity index (χ0n) is 18.7. The van der Waals surface area contributed by atoms with Crippen LogP contribution in [-0.4, -0.2) is 27.9 Å². The molecule has 4 aromatic rings. The zero-order chi connectivity index (χ0) is 25.3. The first-order chi connectivity index (χ1) is 16.8. The van der Waals surface area contributed by atoms with Crippen LogP contribution in [0.2, 0.25) is 0 Å². The first-order valence-corrected chi connectivity index (χ1v) is 12.9. The Labute approximate surface area is 215 Å². The summed E-state index contributed by atoms with van der Waals surface area (Å²) in [6.45, 7) is 3.85. The standard InChI is InChI=1S/C18H13N3O2.C8H8O2.ClH.Ru/c1-8-6-10-13-14(18(23)21-17(13)22)12-9-4-2-3-5-11(9)20-16(12)15(10)19-7-8;1-6-2-4-7(5-3-6)8(9)10;;/h2-7,13-14H,1H3,(H2,19,20,21,22,23);2-5H,1H3,(H,9,10);1H;/q;;;+2/p-2. The topological polar surface area (TPSA) is 110 Å². The average Bonchev–Trinajstić information content (AvgIpc) is 3.38. The number of benzene rings is 2. The third-order valence-corrected chi connectivity index (χ3v) is 6.05. The molecule has 2 aromatic heterocycles. The maximum atomic E-state index is 12.4. The van der Waals surface area contributed by atoms with Crippen LogP contribution in [-0.2, 0) is 26.9 Å². The van der Waals surface area contributed by atoms with Crippen LogP contribution in [0, 0.1) is 13.8 Å². The number of amides is 2. The maximum absolute atomic E-state index is 12.4. The van der Waals surface area contributed by atoms with Crippen molar-refractivity contribution < 1.29 is 36.8 Å². The average molecular weight is 575 g/mol. The van der Waals surface area contributed by atoms with Gasteiger partial charge < -0.3 is 10.1 Å². The first-order valence-electron chi connectivity index (χ1n) is 10.7. The van der Waals surface area contributed by atoms with Crippen LogP contribution in [0.25, 0.3) is 22.3 Å². The van der Waals surface area contributed by atoms with E-state index in [1.54, 1.807) is 30.5 Å². The van der Waals surface area contributed by atoms with Crippen molar-refractivity contribution in [2.75, 3.05) is 0 Å². The van der Waals surface area contributed by atoms with E-state index in [2.05, 4.69) is 20.0 Å². The van der Waals surface area contributed by atoms with E-state index >= 15 is 0 Å². The molecule has 0 saturated carbocycles. The Morgan fingerprint density at radius 3 is 2.34 bits per heavy atom. The number of halogens is 1. The fourth-order valence-corrected chi connectivity index (χ4v) is 4.52. The number of aromatic carboxylic acids is 1. The molecule has 6 rings (SSSR count). The molecule has 2 unspecified atom stereocenters. The van der Waals surface area contributed by atoms with Gasteiger partial charge in [0.1, 0.15) is 0 Å². The summed E-state index contributed by atoms with van der Waals surface area (Å²) < 4.78 is 0. The number of fused-ring (bicyclic) bond motifs is 8. The van der Waals surface area contributed by atoms with E-state index in [-0.39, 0.29) is 11.8 Å². The molecule has 2 aromatic carbocycles. The Morgan fingerprint density at radius 2 is 1.66 bits per heavy atom. The van der Waals surface area contributed by atoms with Gasteiger partial charge in [0.2, 0.25) is 11.8 Å². The van der Waals surface area contributed by atoms with Crippen molar-refractivity contribution in [1.29, 1.82) is 0 Å². The summed E-state index contributed by atoms with van der Waals surface area (Å²) in [5.74, 6) is -2.39. The van der Waals surface area contributed by atoms with Crippen molar-refractivity contribution >= 4 is 38.4 Å². The number of para-hydroxylation sites is 1. The second kappa shape index (κ2) is 10.1. The van der Waals surface area contributed by atoms with E-state index in [9.17, 15) is 14.4 Å². The van der Waals surface area contributed by atoms with E-state index in [1.165, 1.54) is 0 Å². The summed E-state index contributed by atoms with van der Waals surface area (Å²) in [4.78, 5) is 44.3. The van der Waals surface area contributed by atoms with Crippen LogP contribution in [0.1, 0.15) is 44.4 Å². The van der Waals surface area contributed by atoms with Crippen LogP contribution in [0.15, 0.2) is 60.8 Å². The van der Waals surface area contributed by atoms with Gasteiger partial charge in [-0.3, -0.25) is 19.9 Å². The number of hydrogen-bond donors (Lipinski definition) is 2. The molecule has 3 heterocycles. The molecule has 1 aliphatic heterocycles. The Balaban J connectivity index is 0.000000204. The summed E-state index contributed by atoms with van der Waals surface area (Å²) in [5.41, 5.74) is 6.29. The number of nitrogens with zero attached hydrogens (tertiary/aromatic N) is 2. The predicted octanol–water partition coefficient (Wildman–Crippen LogP) is 4.38. The van der Waals surface area contributed by atoms with Gasteiger partial charge in [0.15, 0.2) is 0 Å². The normalized spacial score (nSPS) is 17.1. The summed E-state index contributed by atoms with van der Waals surface area (Å²) in [6, 6.07) is 16.4. The van der Waals surface area contributed by atoms with E-state index in [0.717, 1.165) is 38.9 Å². The summed E-state index contributed by atoms with van der Waals surface area (Å²) in [5, 5.41) is 11.9. The van der Waals surface area contributed by atoms with Crippen molar-refractivity contribution in [2.24, 2.45) is 0 Å². The number of hydrogen-bond acceptors (Lipinski definition) is 4. The number of carboxylic acids is 1. The quantitative estimate of drug-likeness (QED) is 0.258. The molecule has 2 N–H and O–H groups in total. The first kappa shape index (κ1) is 24.8. The van der Waals surface area contributed by atoms with E-state index in [0.29, 0.717) is 11.3 Å². The van der Waals surface area contributed by atoms with Gasteiger partial charge in [-0.2, -0.15) is 0 Å². The SMILES string of the molecule is Cc1ccc(C(=O)O)cc1.Cc1cnc2c(c1)C1C(=O)NC(=O)C1c1c-2[n-]c2ccccc12.[Cl][Ru+]. The molecule has 178 valence electrons. The van der Waals surface area contributed by atoms with Crippen LogP contribution >= 0.6 is 9.69 Å². The molecule has 9 heteroatoms. The van der Waals surface area contributed by atoms with Gasteiger partial charge in [-0.05, 0) is 48.1 Å². The van der Waals surface area contributed by atoms with Crippen molar-refractivity contribution in [2.45, 2.75) is 25.7 Å². The third kappa shape index (κ3) is 4.52. The van der Waals surface area contributed by atoms with Gasteiger partial charge in [0.05, 0.1) is 23.1 Å². The Morgan fingerprint density at radius 1 is 1.00 bits per heavy atom. The molecule has 2 amide bonds. The van der Waals surface area contributed by atoms with Gasteiger partial charge in [-0.25, -0.2) is 4.79 Å². The van der Waals surface area contributed by atoms with Crippen molar-refractivity contribution in [3.63, 3.8) is 0 Å². The molecule has 0 bridgehead atoms. The number of rotatable bonds is 1. The number of carboxylic acid groups (broad SMARTS) is 1. The molecule has 1 fully saturated rings. The molecule has 0 spiro atoms. The number of aromatic nitrogens is 2. The van der Waals surface area contributed by atoms with Gasteiger partial charge in [0, 0.05) is 6.20 Å². The molecular weight excluding hydrogens is 555 g/mol. The summed E-state index contributed by atoms with van der Waals surface area (Å²) in [7, 11) is 4.57. The molecule has 35 heavy (non-hydrogen) atoms. The number of pyridine rings is 1. The zero-order valence-corrected chi connectivity index (χ0v) is 21.2. The Kier molecular flexibility index (Phi) is 7.15. The Bertz CT molecular complexity index is 1450. The minimum absolute atomic E-state index is 0.244. The van der Waals surface area contributed by atoms with E-state index < -0.39 is 17.8 Å². The van der Waals surface area contributed by atoms with Crippen LogP contribution in [0.4, 0.5) is 0 Å². The number of imide groups is 1. The predicted molar refractivity (Wildman–Crippen MR) is 128 cm³/mol.